The number of rotatable bonds is 7. The molecule has 0 saturated carbocycles. The molecule has 0 saturated heterocycles. The second-order valence-corrected chi connectivity index (χ2v) is 4.95. The number of carbonyl (C=O) groups is 2. The van der Waals surface area contributed by atoms with Gasteiger partial charge in [0.05, 0.1) is 26.5 Å². The van der Waals surface area contributed by atoms with Gasteiger partial charge in [0, 0.05) is 6.07 Å². The van der Waals surface area contributed by atoms with Gasteiger partial charge in [-0.15, -0.1) is 0 Å². The van der Waals surface area contributed by atoms with E-state index in [-0.39, 0.29) is 11.6 Å². The van der Waals surface area contributed by atoms with Crippen molar-refractivity contribution in [2.24, 2.45) is 0 Å². The number of nitrogens with one attached hydrogen (secondary N) is 1. The zero-order chi connectivity index (χ0) is 17.5. The molecule has 0 aliphatic carbocycles. The molecule has 7 heteroatoms. The maximum atomic E-state index is 12.1. The van der Waals surface area contributed by atoms with E-state index >= 15 is 0 Å². The Morgan fingerprint density at radius 2 is 2.00 bits per heavy atom. The van der Waals surface area contributed by atoms with Gasteiger partial charge in [-0.2, -0.15) is 0 Å². The minimum Gasteiger partial charge on any atom is -0.497 e. The SMILES string of the molecule is COc1ccc(C(=O)OCC(=O)N[C@@H](C)c2ccco2)c(OC)c1. The first-order chi connectivity index (χ1) is 11.5. The number of benzene rings is 1. The minimum atomic E-state index is -0.657. The van der Waals surface area contributed by atoms with Crippen molar-refractivity contribution in [3.05, 3.63) is 47.9 Å². The Morgan fingerprint density at radius 1 is 1.21 bits per heavy atom. The summed E-state index contributed by atoms with van der Waals surface area (Å²) in [5.41, 5.74) is 0.213. The van der Waals surface area contributed by atoms with E-state index in [0.717, 1.165) is 0 Å². The first-order valence-electron chi connectivity index (χ1n) is 7.27. The number of amides is 1. The fourth-order valence-electron chi connectivity index (χ4n) is 2.07. The predicted octanol–water partition coefficient (Wildman–Crippen LogP) is 2.33. The lowest BCUT2D eigenvalue weighted by Gasteiger charge is -2.12. The van der Waals surface area contributed by atoms with Crippen molar-refractivity contribution in [3.63, 3.8) is 0 Å². The van der Waals surface area contributed by atoms with Gasteiger partial charge in [-0.3, -0.25) is 4.79 Å². The van der Waals surface area contributed by atoms with Crippen LogP contribution in [0.1, 0.15) is 29.1 Å². The van der Waals surface area contributed by atoms with Gasteiger partial charge < -0.3 is 23.9 Å². The van der Waals surface area contributed by atoms with Crippen LogP contribution in [0.2, 0.25) is 0 Å². The zero-order valence-electron chi connectivity index (χ0n) is 13.7. The molecular formula is C17H19NO6. The number of esters is 1. The molecule has 24 heavy (non-hydrogen) atoms. The number of carbonyl (C=O) groups excluding carboxylic acids is 2. The van der Waals surface area contributed by atoms with E-state index in [9.17, 15) is 9.59 Å². The lowest BCUT2D eigenvalue weighted by molar-refractivity contribution is -0.125. The molecule has 1 aromatic heterocycles. The van der Waals surface area contributed by atoms with Gasteiger partial charge in [0.25, 0.3) is 5.91 Å². The van der Waals surface area contributed by atoms with Gasteiger partial charge in [0.15, 0.2) is 6.61 Å². The van der Waals surface area contributed by atoms with Crippen molar-refractivity contribution in [2.75, 3.05) is 20.8 Å². The summed E-state index contributed by atoms with van der Waals surface area (Å²) >= 11 is 0. The molecule has 0 spiro atoms. The Kier molecular flexibility index (Phi) is 5.83. The third-order valence-electron chi connectivity index (χ3n) is 3.31. The normalized spacial score (nSPS) is 11.5. The minimum absolute atomic E-state index is 0.213. The number of furan rings is 1. The van der Waals surface area contributed by atoms with Crippen LogP contribution < -0.4 is 14.8 Å². The van der Waals surface area contributed by atoms with Crippen LogP contribution in [0, 0.1) is 0 Å². The molecule has 0 unspecified atom stereocenters. The molecule has 2 rings (SSSR count). The van der Waals surface area contributed by atoms with E-state index in [2.05, 4.69) is 5.32 Å². The molecule has 1 heterocycles. The highest BCUT2D eigenvalue weighted by Gasteiger charge is 2.17. The third kappa shape index (κ3) is 4.28. The summed E-state index contributed by atoms with van der Waals surface area (Å²) < 4.78 is 20.4. The lowest BCUT2D eigenvalue weighted by atomic mass is 10.2. The van der Waals surface area contributed by atoms with Crippen LogP contribution in [-0.2, 0) is 9.53 Å². The summed E-state index contributed by atoms with van der Waals surface area (Å²) in [5.74, 6) is 0.388. The number of methoxy groups -OCH3 is 2. The predicted molar refractivity (Wildman–Crippen MR) is 85.1 cm³/mol. The number of hydrogen-bond donors (Lipinski definition) is 1. The second-order valence-electron chi connectivity index (χ2n) is 4.95. The van der Waals surface area contributed by atoms with Crippen molar-refractivity contribution in [3.8, 4) is 11.5 Å². The van der Waals surface area contributed by atoms with Crippen molar-refractivity contribution in [1.82, 2.24) is 5.32 Å². The van der Waals surface area contributed by atoms with Crippen molar-refractivity contribution < 1.29 is 28.2 Å². The van der Waals surface area contributed by atoms with E-state index in [1.54, 1.807) is 31.2 Å². The Labute approximate surface area is 139 Å². The fraction of sp³-hybridized carbons (Fsp3) is 0.294. The van der Waals surface area contributed by atoms with Crippen molar-refractivity contribution >= 4 is 11.9 Å². The van der Waals surface area contributed by atoms with Crippen LogP contribution in [0.5, 0.6) is 11.5 Å². The quantitative estimate of drug-likeness (QED) is 0.783. The zero-order valence-corrected chi connectivity index (χ0v) is 13.7. The molecule has 1 aromatic carbocycles. The van der Waals surface area contributed by atoms with E-state index in [0.29, 0.717) is 17.3 Å². The first kappa shape index (κ1) is 17.4. The molecule has 0 aliphatic heterocycles. The van der Waals surface area contributed by atoms with Gasteiger partial charge in [0.1, 0.15) is 22.8 Å². The Hall–Kier alpha value is -2.96. The summed E-state index contributed by atoms with van der Waals surface area (Å²) in [6, 6.07) is 7.85. The van der Waals surface area contributed by atoms with Gasteiger partial charge in [-0.25, -0.2) is 4.79 Å². The molecule has 7 nitrogen and oxygen atoms in total. The average molecular weight is 333 g/mol. The van der Waals surface area contributed by atoms with Gasteiger partial charge >= 0.3 is 5.97 Å². The highest BCUT2D eigenvalue weighted by Crippen LogP contribution is 2.25. The van der Waals surface area contributed by atoms with E-state index < -0.39 is 18.5 Å². The maximum absolute atomic E-state index is 12.1. The van der Waals surface area contributed by atoms with E-state index in [1.165, 1.54) is 26.5 Å². The summed E-state index contributed by atoms with van der Waals surface area (Å²) in [4.78, 5) is 24.0. The first-order valence-corrected chi connectivity index (χ1v) is 7.27. The van der Waals surface area contributed by atoms with Crippen molar-refractivity contribution in [2.45, 2.75) is 13.0 Å². The summed E-state index contributed by atoms with van der Waals surface area (Å²) in [5, 5.41) is 2.67. The highest BCUT2D eigenvalue weighted by molar-refractivity contribution is 5.94. The van der Waals surface area contributed by atoms with Gasteiger partial charge in [-0.1, -0.05) is 0 Å². The standard InChI is InChI=1S/C17H19NO6/c1-11(14-5-4-8-23-14)18-16(19)10-24-17(20)13-7-6-12(21-2)9-15(13)22-3/h4-9,11H,10H2,1-3H3,(H,18,19)/t11-/m0/s1. The molecule has 2 aromatic rings. The molecule has 128 valence electrons. The van der Waals surface area contributed by atoms with E-state index in [1.807, 2.05) is 0 Å². The van der Waals surface area contributed by atoms with Gasteiger partial charge in [0.2, 0.25) is 0 Å². The summed E-state index contributed by atoms with van der Waals surface area (Å²) in [6.45, 7) is 1.37. The topological polar surface area (TPSA) is 87.0 Å². The van der Waals surface area contributed by atoms with Crippen LogP contribution in [0.3, 0.4) is 0 Å². The monoisotopic (exact) mass is 333 g/mol. The molecule has 0 aliphatic rings. The summed E-state index contributed by atoms with van der Waals surface area (Å²) in [7, 11) is 2.95. The molecular weight excluding hydrogens is 314 g/mol. The third-order valence-corrected chi connectivity index (χ3v) is 3.31. The highest BCUT2D eigenvalue weighted by atomic mass is 16.5. The number of ether oxygens (including phenoxy) is 3. The Bertz CT molecular complexity index is 695. The fourth-order valence-corrected chi connectivity index (χ4v) is 2.07. The van der Waals surface area contributed by atoms with Crippen molar-refractivity contribution in [1.29, 1.82) is 0 Å². The molecule has 1 atom stereocenters. The van der Waals surface area contributed by atoms with Crippen LogP contribution in [0.15, 0.2) is 41.0 Å². The lowest BCUT2D eigenvalue weighted by Crippen LogP contribution is -2.31. The second kappa shape index (κ2) is 8.05. The van der Waals surface area contributed by atoms with Crippen LogP contribution in [0.25, 0.3) is 0 Å². The molecule has 0 bridgehead atoms. The van der Waals surface area contributed by atoms with Crippen LogP contribution >= 0.6 is 0 Å². The Balaban J connectivity index is 1.92. The van der Waals surface area contributed by atoms with Crippen LogP contribution in [-0.4, -0.2) is 32.7 Å². The maximum Gasteiger partial charge on any atom is 0.342 e. The van der Waals surface area contributed by atoms with Gasteiger partial charge in [-0.05, 0) is 31.2 Å². The van der Waals surface area contributed by atoms with Crippen LogP contribution in [0.4, 0.5) is 0 Å². The Morgan fingerprint density at radius 3 is 2.62 bits per heavy atom. The molecule has 1 N–H and O–H groups in total. The molecule has 1 amide bonds. The average Bonchev–Trinajstić information content (AvgIpc) is 3.13. The number of hydrogen-bond acceptors (Lipinski definition) is 6. The summed E-state index contributed by atoms with van der Waals surface area (Å²) in [6.07, 6.45) is 1.52. The van der Waals surface area contributed by atoms with E-state index in [4.69, 9.17) is 18.6 Å². The largest absolute Gasteiger partial charge is 0.497 e. The smallest absolute Gasteiger partial charge is 0.342 e. The molecule has 0 radical (unpaired) electrons. The molecule has 0 fully saturated rings.